The minimum atomic E-state index is -0.136. The van der Waals surface area contributed by atoms with Crippen LogP contribution in [0.4, 0.5) is 0 Å². The number of nitrogens with zero attached hydrogens (tertiary/aromatic N) is 1. The van der Waals surface area contributed by atoms with Gasteiger partial charge in [-0.2, -0.15) is 0 Å². The van der Waals surface area contributed by atoms with Crippen LogP contribution in [0.1, 0.15) is 40.9 Å². The molecule has 3 amide bonds. The Morgan fingerprint density at radius 3 is 2.38 bits per heavy atom. The summed E-state index contributed by atoms with van der Waals surface area (Å²) < 4.78 is 4.49. The lowest BCUT2D eigenvalue weighted by molar-refractivity contribution is -0.122. The number of amides is 3. The molecule has 2 atom stereocenters. The van der Waals surface area contributed by atoms with Crippen molar-refractivity contribution < 1.29 is 23.9 Å². The SMILES string of the molecule is CN(C)C=O.CNNC(=O)CCc1ccccc1C(=O)NC(C)c1cccc(-c2cccs2)c1.O=CC1CO1. The van der Waals surface area contributed by atoms with E-state index < -0.39 is 0 Å². The van der Waals surface area contributed by atoms with E-state index in [-0.39, 0.29) is 24.0 Å². The van der Waals surface area contributed by atoms with Gasteiger partial charge >= 0.3 is 0 Å². The molecule has 2 heterocycles. The Labute approximate surface area is 233 Å². The molecule has 1 fully saturated rings. The maximum atomic E-state index is 12.9. The van der Waals surface area contributed by atoms with E-state index in [4.69, 9.17) is 0 Å². The Morgan fingerprint density at radius 2 is 1.82 bits per heavy atom. The Bertz CT molecular complexity index is 1190. The number of hydrazine groups is 1. The van der Waals surface area contributed by atoms with Crippen molar-refractivity contribution in [3.63, 3.8) is 0 Å². The van der Waals surface area contributed by atoms with Crippen LogP contribution >= 0.6 is 11.3 Å². The summed E-state index contributed by atoms with van der Waals surface area (Å²) in [5, 5.41) is 5.15. The standard InChI is InChI=1S/C23H25N3O2S.C3H7NO.C3H4O2/c1-16(18-8-5-9-19(15-18)21-11-6-14-29-21)25-23(28)20-10-4-3-7-17(20)12-13-22(27)26-24-2;1-4(2)3-5;4-1-3-2-5-3/h3-11,14-16,24H,12-13H2,1-2H3,(H,25,28)(H,26,27);3H,1-2H3;1,3H,2H2. The fourth-order valence-electron chi connectivity index (χ4n) is 3.31. The van der Waals surface area contributed by atoms with Gasteiger partial charge in [-0.15, -0.1) is 11.3 Å². The second-order valence-corrected chi connectivity index (χ2v) is 9.78. The summed E-state index contributed by atoms with van der Waals surface area (Å²) in [4.78, 5) is 46.1. The molecule has 1 aliphatic heterocycles. The topological polar surface area (TPSA) is 120 Å². The number of carbonyl (C=O) groups is 4. The number of ether oxygens (including phenoxy) is 1. The highest BCUT2D eigenvalue weighted by Crippen LogP contribution is 2.27. The molecule has 1 saturated heterocycles. The zero-order valence-corrected chi connectivity index (χ0v) is 23.5. The maximum absolute atomic E-state index is 12.9. The van der Waals surface area contributed by atoms with Gasteiger partial charge in [0.05, 0.1) is 12.6 Å². The normalized spacial score (nSPS) is 13.8. The van der Waals surface area contributed by atoms with E-state index >= 15 is 0 Å². The minimum absolute atomic E-state index is 0.0463. The van der Waals surface area contributed by atoms with Gasteiger partial charge in [-0.25, -0.2) is 5.43 Å². The first-order valence-electron chi connectivity index (χ1n) is 12.5. The minimum Gasteiger partial charge on any atom is -0.365 e. The van der Waals surface area contributed by atoms with Crippen LogP contribution in [0.3, 0.4) is 0 Å². The van der Waals surface area contributed by atoms with Crippen molar-refractivity contribution in [3.05, 3.63) is 82.7 Å². The molecular weight excluding hydrogens is 516 g/mol. The smallest absolute Gasteiger partial charge is 0.252 e. The van der Waals surface area contributed by atoms with Crippen LogP contribution in [0.15, 0.2) is 66.0 Å². The summed E-state index contributed by atoms with van der Waals surface area (Å²) in [7, 11) is 5.02. The zero-order valence-electron chi connectivity index (χ0n) is 22.7. The largest absolute Gasteiger partial charge is 0.365 e. The van der Waals surface area contributed by atoms with E-state index in [9.17, 15) is 19.2 Å². The third kappa shape index (κ3) is 11.6. The molecule has 1 aliphatic rings. The molecule has 3 aromatic rings. The molecule has 3 N–H and O–H groups in total. The van der Waals surface area contributed by atoms with Gasteiger partial charge in [0.1, 0.15) is 6.10 Å². The lowest BCUT2D eigenvalue weighted by Gasteiger charge is -2.17. The summed E-state index contributed by atoms with van der Waals surface area (Å²) in [6.45, 7) is 2.62. The van der Waals surface area contributed by atoms with Gasteiger partial charge in [-0.3, -0.25) is 19.8 Å². The Balaban J connectivity index is 0.000000449. The van der Waals surface area contributed by atoms with Crippen molar-refractivity contribution in [2.45, 2.75) is 31.9 Å². The summed E-state index contributed by atoms with van der Waals surface area (Å²) in [6.07, 6.45) is 2.32. The molecule has 1 aromatic heterocycles. The van der Waals surface area contributed by atoms with Crippen molar-refractivity contribution >= 4 is 35.8 Å². The summed E-state index contributed by atoms with van der Waals surface area (Å²) >= 11 is 1.70. The molecule has 9 nitrogen and oxygen atoms in total. The number of epoxide rings is 1. The maximum Gasteiger partial charge on any atom is 0.252 e. The quantitative estimate of drug-likeness (QED) is 0.202. The van der Waals surface area contributed by atoms with Crippen LogP contribution in [0.2, 0.25) is 0 Å². The number of carbonyl (C=O) groups excluding carboxylic acids is 4. The summed E-state index contributed by atoms with van der Waals surface area (Å²) in [5.41, 5.74) is 8.83. The number of aryl methyl sites for hydroxylation is 1. The molecule has 0 bridgehead atoms. The monoisotopic (exact) mass is 552 g/mol. The van der Waals surface area contributed by atoms with E-state index in [2.05, 4.69) is 44.5 Å². The summed E-state index contributed by atoms with van der Waals surface area (Å²) in [6, 6.07) is 19.6. The first-order chi connectivity index (χ1) is 18.8. The lowest BCUT2D eigenvalue weighted by atomic mass is 10.0. The van der Waals surface area contributed by atoms with Gasteiger partial charge in [0.15, 0.2) is 6.29 Å². The van der Waals surface area contributed by atoms with Crippen molar-refractivity contribution in [2.24, 2.45) is 0 Å². The van der Waals surface area contributed by atoms with Crippen LogP contribution in [0, 0.1) is 0 Å². The highest BCUT2D eigenvalue weighted by atomic mass is 32.1. The Morgan fingerprint density at radius 1 is 1.10 bits per heavy atom. The van der Waals surface area contributed by atoms with Crippen LogP contribution in [-0.4, -0.2) is 63.3 Å². The van der Waals surface area contributed by atoms with Gasteiger partial charge in [0, 0.05) is 38.0 Å². The van der Waals surface area contributed by atoms with E-state index in [0.29, 0.717) is 25.0 Å². The predicted octanol–water partition coefficient (Wildman–Crippen LogP) is 3.38. The summed E-state index contributed by atoms with van der Waals surface area (Å²) in [5.74, 6) is -0.245. The first-order valence-corrected chi connectivity index (χ1v) is 13.3. The van der Waals surface area contributed by atoms with E-state index in [1.807, 2.05) is 43.3 Å². The van der Waals surface area contributed by atoms with Gasteiger partial charge in [0.2, 0.25) is 12.3 Å². The van der Waals surface area contributed by atoms with E-state index in [1.54, 1.807) is 38.5 Å². The van der Waals surface area contributed by atoms with Gasteiger partial charge < -0.3 is 19.7 Å². The molecule has 10 heteroatoms. The number of thiophene rings is 1. The van der Waals surface area contributed by atoms with E-state index in [0.717, 1.165) is 29.4 Å². The van der Waals surface area contributed by atoms with Crippen molar-refractivity contribution in [2.75, 3.05) is 27.7 Å². The van der Waals surface area contributed by atoms with Crippen LogP contribution in [-0.2, 0) is 25.5 Å². The Hall–Kier alpha value is -3.86. The highest BCUT2D eigenvalue weighted by molar-refractivity contribution is 7.13. The third-order valence-electron chi connectivity index (χ3n) is 5.41. The van der Waals surface area contributed by atoms with Crippen LogP contribution in [0.5, 0.6) is 0 Å². The molecule has 39 heavy (non-hydrogen) atoms. The number of hydrogen-bond acceptors (Lipinski definition) is 7. The van der Waals surface area contributed by atoms with Crippen molar-refractivity contribution in [1.29, 1.82) is 0 Å². The average molecular weight is 553 g/mol. The van der Waals surface area contributed by atoms with Crippen LogP contribution < -0.4 is 16.2 Å². The fourth-order valence-corrected chi connectivity index (χ4v) is 4.03. The lowest BCUT2D eigenvalue weighted by Crippen LogP contribution is -2.34. The van der Waals surface area contributed by atoms with Gasteiger partial charge in [0.25, 0.3) is 5.91 Å². The molecule has 2 unspecified atom stereocenters. The first kappa shape index (κ1) is 31.4. The van der Waals surface area contributed by atoms with Gasteiger partial charge in [-0.1, -0.05) is 42.5 Å². The molecule has 208 valence electrons. The third-order valence-corrected chi connectivity index (χ3v) is 6.33. The fraction of sp³-hybridized carbons (Fsp3) is 0.310. The molecule has 0 aliphatic carbocycles. The molecule has 0 spiro atoms. The predicted molar refractivity (Wildman–Crippen MR) is 153 cm³/mol. The number of hydrogen-bond donors (Lipinski definition) is 3. The number of aldehydes is 1. The second kappa shape index (κ2) is 16.9. The van der Waals surface area contributed by atoms with Crippen molar-refractivity contribution in [1.82, 2.24) is 21.1 Å². The highest BCUT2D eigenvalue weighted by Gasteiger charge is 2.20. The van der Waals surface area contributed by atoms with Gasteiger partial charge in [-0.05, 0) is 53.6 Å². The average Bonchev–Trinajstić information content (AvgIpc) is 3.64. The Kier molecular flexibility index (Phi) is 13.6. The molecular formula is C29H36N4O5S. The molecule has 2 aromatic carbocycles. The van der Waals surface area contributed by atoms with Crippen LogP contribution in [0.25, 0.3) is 10.4 Å². The molecule has 0 saturated carbocycles. The molecule has 0 radical (unpaired) electrons. The number of rotatable bonds is 10. The number of nitrogens with one attached hydrogen (secondary N) is 3. The molecule has 4 rings (SSSR count). The zero-order chi connectivity index (χ0) is 28.6. The van der Waals surface area contributed by atoms with Crippen molar-refractivity contribution in [3.8, 4) is 10.4 Å². The van der Waals surface area contributed by atoms with E-state index in [1.165, 1.54) is 9.78 Å². The second-order valence-electron chi connectivity index (χ2n) is 8.83. The number of benzene rings is 2.